The standard InChI is InChI=1S/C13H18N4O2/c1-9(14-6-5-13-15-8-16-17-13)11-4-3-10(19-2)7-12(11)18/h3-4,7-9,14,18H,5-6H2,1-2H3,(H,15,16,17). The molecule has 1 unspecified atom stereocenters. The van der Waals surface area contributed by atoms with E-state index in [1.807, 2.05) is 19.1 Å². The molecule has 1 aromatic heterocycles. The average molecular weight is 262 g/mol. The number of nitrogens with one attached hydrogen (secondary N) is 2. The molecule has 0 radical (unpaired) electrons. The first-order chi connectivity index (χ1) is 9.20. The zero-order chi connectivity index (χ0) is 13.7. The minimum Gasteiger partial charge on any atom is -0.507 e. The van der Waals surface area contributed by atoms with Crippen LogP contribution in [0.15, 0.2) is 24.5 Å². The molecule has 0 aliphatic carbocycles. The van der Waals surface area contributed by atoms with E-state index in [0.717, 1.165) is 24.4 Å². The molecule has 1 atom stereocenters. The summed E-state index contributed by atoms with van der Waals surface area (Å²) in [5.41, 5.74) is 0.846. The van der Waals surface area contributed by atoms with Crippen LogP contribution in [-0.2, 0) is 6.42 Å². The normalized spacial score (nSPS) is 12.3. The molecule has 0 amide bonds. The smallest absolute Gasteiger partial charge is 0.137 e. The van der Waals surface area contributed by atoms with Gasteiger partial charge in [0.25, 0.3) is 0 Å². The second-order valence-electron chi connectivity index (χ2n) is 4.28. The number of phenolic OH excluding ortho intramolecular Hbond substituents is 1. The van der Waals surface area contributed by atoms with Gasteiger partial charge in [0, 0.05) is 30.6 Å². The van der Waals surface area contributed by atoms with Crippen LogP contribution >= 0.6 is 0 Å². The van der Waals surface area contributed by atoms with Crippen molar-refractivity contribution in [2.24, 2.45) is 0 Å². The molecule has 0 aliphatic rings. The van der Waals surface area contributed by atoms with Gasteiger partial charge in [0.05, 0.1) is 7.11 Å². The Labute approximate surface area is 111 Å². The fourth-order valence-corrected chi connectivity index (χ4v) is 1.88. The number of aromatic nitrogens is 3. The van der Waals surface area contributed by atoms with Gasteiger partial charge in [0.1, 0.15) is 23.7 Å². The maximum absolute atomic E-state index is 9.93. The Morgan fingerprint density at radius 1 is 1.47 bits per heavy atom. The molecule has 0 aliphatic heterocycles. The predicted molar refractivity (Wildman–Crippen MR) is 71.2 cm³/mol. The molecular weight excluding hydrogens is 244 g/mol. The van der Waals surface area contributed by atoms with Crippen molar-refractivity contribution in [2.75, 3.05) is 13.7 Å². The molecule has 6 nitrogen and oxygen atoms in total. The Kier molecular flexibility index (Phi) is 4.35. The Hall–Kier alpha value is -2.08. The lowest BCUT2D eigenvalue weighted by atomic mass is 10.1. The van der Waals surface area contributed by atoms with E-state index in [1.165, 1.54) is 6.33 Å². The molecule has 19 heavy (non-hydrogen) atoms. The van der Waals surface area contributed by atoms with Gasteiger partial charge in [0.2, 0.25) is 0 Å². The molecule has 0 saturated heterocycles. The fourth-order valence-electron chi connectivity index (χ4n) is 1.88. The maximum atomic E-state index is 9.93. The Bertz CT molecular complexity index is 513. The van der Waals surface area contributed by atoms with E-state index in [9.17, 15) is 5.11 Å². The monoisotopic (exact) mass is 262 g/mol. The summed E-state index contributed by atoms with van der Waals surface area (Å²) >= 11 is 0. The molecule has 1 aromatic carbocycles. The lowest BCUT2D eigenvalue weighted by Crippen LogP contribution is -2.21. The highest BCUT2D eigenvalue weighted by Gasteiger charge is 2.10. The highest BCUT2D eigenvalue weighted by atomic mass is 16.5. The summed E-state index contributed by atoms with van der Waals surface area (Å²) in [5.74, 6) is 1.73. The predicted octanol–water partition coefficient (Wildman–Crippen LogP) is 1.41. The van der Waals surface area contributed by atoms with Crippen LogP contribution in [0.2, 0.25) is 0 Å². The van der Waals surface area contributed by atoms with E-state index < -0.39 is 0 Å². The number of methoxy groups -OCH3 is 1. The SMILES string of the molecule is COc1ccc(C(C)NCCc2ncn[nH]2)c(O)c1. The summed E-state index contributed by atoms with van der Waals surface area (Å²) in [6.07, 6.45) is 2.26. The van der Waals surface area contributed by atoms with Crippen LogP contribution in [0.5, 0.6) is 11.5 Å². The van der Waals surface area contributed by atoms with Gasteiger partial charge >= 0.3 is 0 Å². The number of aromatic hydroxyl groups is 1. The number of aromatic amines is 1. The summed E-state index contributed by atoms with van der Waals surface area (Å²) in [6, 6.07) is 5.36. The van der Waals surface area contributed by atoms with E-state index in [1.54, 1.807) is 13.2 Å². The van der Waals surface area contributed by atoms with Gasteiger partial charge in [-0.2, -0.15) is 5.10 Å². The van der Waals surface area contributed by atoms with Crippen molar-refractivity contribution in [1.29, 1.82) is 0 Å². The Balaban J connectivity index is 1.90. The molecular formula is C13H18N4O2. The maximum Gasteiger partial charge on any atom is 0.137 e. The molecule has 0 fully saturated rings. The van der Waals surface area contributed by atoms with Crippen LogP contribution < -0.4 is 10.1 Å². The van der Waals surface area contributed by atoms with Gasteiger partial charge in [-0.3, -0.25) is 5.10 Å². The first kappa shape index (κ1) is 13.4. The third kappa shape index (κ3) is 3.45. The molecule has 2 aromatic rings. The number of nitrogens with zero attached hydrogens (tertiary/aromatic N) is 2. The Morgan fingerprint density at radius 3 is 2.95 bits per heavy atom. The molecule has 1 heterocycles. The van der Waals surface area contributed by atoms with Gasteiger partial charge in [-0.05, 0) is 13.0 Å². The first-order valence-electron chi connectivity index (χ1n) is 6.15. The average Bonchev–Trinajstić information content (AvgIpc) is 2.91. The van der Waals surface area contributed by atoms with Crippen molar-refractivity contribution in [3.63, 3.8) is 0 Å². The van der Waals surface area contributed by atoms with Crippen molar-refractivity contribution in [3.8, 4) is 11.5 Å². The number of H-pyrrole nitrogens is 1. The van der Waals surface area contributed by atoms with Gasteiger partial charge in [-0.1, -0.05) is 6.07 Å². The summed E-state index contributed by atoms with van der Waals surface area (Å²) in [7, 11) is 1.58. The third-order valence-corrected chi connectivity index (χ3v) is 2.98. The first-order valence-corrected chi connectivity index (χ1v) is 6.15. The van der Waals surface area contributed by atoms with Gasteiger partial charge in [-0.25, -0.2) is 4.98 Å². The van der Waals surface area contributed by atoms with Crippen molar-refractivity contribution >= 4 is 0 Å². The topological polar surface area (TPSA) is 83.1 Å². The molecule has 0 bridgehead atoms. The highest BCUT2D eigenvalue weighted by Crippen LogP contribution is 2.28. The molecule has 102 valence electrons. The number of hydrogen-bond acceptors (Lipinski definition) is 5. The van der Waals surface area contributed by atoms with Crippen molar-refractivity contribution < 1.29 is 9.84 Å². The summed E-state index contributed by atoms with van der Waals surface area (Å²) in [5, 5.41) is 19.9. The molecule has 0 saturated carbocycles. The highest BCUT2D eigenvalue weighted by molar-refractivity contribution is 5.41. The minimum atomic E-state index is 0.0498. The second kappa shape index (κ2) is 6.19. The zero-order valence-corrected chi connectivity index (χ0v) is 11.1. The molecule has 6 heteroatoms. The lowest BCUT2D eigenvalue weighted by molar-refractivity contribution is 0.404. The van der Waals surface area contributed by atoms with Gasteiger partial charge in [0.15, 0.2) is 0 Å². The van der Waals surface area contributed by atoms with E-state index in [0.29, 0.717) is 5.75 Å². The van der Waals surface area contributed by atoms with Crippen LogP contribution in [0.25, 0.3) is 0 Å². The Morgan fingerprint density at radius 2 is 2.32 bits per heavy atom. The van der Waals surface area contributed by atoms with Crippen molar-refractivity contribution in [3.05, 3.63) is 35.9 Å². The van der Waals surface area contributed by atoms with Gasteiger partial charge in [-0.15, -0.1) is 0 Å². The largest absolute Gasteiger partial charge is 0.507 e. The number of hydrogen-bond donors (Lipinski definition) is 3. The van der Waals surface area contributed by atoms with Crippen molar-refractivity contribution in [1.82, 2.24) is 20.5 Å². The van der Waals surface area contributed by atoms with Crippen LogP contribution in [0.1, 0.15) is 24.4 Å². The van der Waals surface area contributed by atoms with E-state index in [-0.39, 0.29) is 11.8 Å². The zero-order valence-electron chi connectivity index (χ0n) is 11.1. The number of phenols is 1. The van der Waals surface area contributed by atoms with E-state index in [4.69, 9.17) is 4.74 Å². The summed E-state index contributed by atoms with van der Waals surface area (Å²) in [4.78, 5) is 4.05. The summed E-state index contributed by atoms with van der Waals surface area (Å²) < 4.78 is 5.06. The molecule has 2 rings (SSSR count). The lowest BCUT2D eigenvalue weighted by Gasteiger charge is -2.15. The van der Waals surface area contributed by atoms with Crippen LogP contribution in [0.4, 0.5) is 0 Å². The van der Waals surface area contributed by atoms with E-state index >= 15 is 0 Å². The van der Waals surface area contributed by atoms with Crippen LogP contribution in [-0.4, -0.2) is 33.9 Å². The van der Waals surface area contributed by atoms with Crippen LogP contribution in [0.3, 0.4) is 0 Å². The fraction of sp³-hybridized carbons (Fsp3) is 0.385. The number of benzene rings is 1. The third-order valence-electron chi connectivity index (χ3n) is 2.98. The summed E-state index contributed by atoms with van der Waals surface area (Å²) in [6.45, 7) is 2.75. The van der Waals surface area contributed by atoms with Gasteiger partial charge < -0.3 is 15.2 Å². The molecule has 3 N–H and O–H groups in total. The minimum absolute atomic E-state index is 0.0498. The quantitative estimate of drug-likeness (QED) is 0.733. The number of ether oxygens (including phenoxy) is 1. The van der Waals surface area contributed by atoms with Crippen LogP contribution in [0, 0.1) is 0 Å². The number of rotatable bonds is 6. The molecule has 0 spiro atoms. The second-order valence-corrected chi connectivity index (χ2v) is 4.28. The van der Waals surface area contributed by atoms with Crippen molar-refractivity contribution in [2.45, 2.75) is 19.4 Å². The van der Waals surface area contributed by atoms with E-state index in [2.05, 4.69) is 20.5 Å².